The van der Waals surface area contributed by atoms with E-state index in [1.165, 1.54) is 21.6 Å². The molecule has 242 valence electrons. The third kappa shape index (κ3) is 7.67. The van der Waals surface area contributed by atoms with Gasteiger partial charge in [-0.25, -0.2) is 9.69 Å². The number of benzene rings is 1. The van der Waals surface area contributed by atoms with Crippen molar-refractivity contribution in [3.8, 4) is 0 Å². The average molecular weight is 620 g/mol. The minimum Gasteiger partial charge on any atom is -0.449 e. The van der Waals surface area contributed by atoms with E-state index >= 15 is 0 Å². The number of allylic oxidation sites excluding steroid dienone is 6. The largest absolute Gasteiger partial charge is 0.449 e. The smallest absolute Gasteiger partial charge is 0.416 e. The second-order valence-corrected chi connectivity index (χ2v) is 21.3. The third-order valence-electron chi connectivity index (χ3n) is 10.7. The molecule has 8 atom stereocenters. The zero-order chi connectivity index (χ0) is 32.4. The molecule has 0 bridgehead atoms. The topological polar surface area (TPSA) is 66.8 Å². The van der Waals surface area contributed by atoms with Crippen LogP contribution in [0, 0.1) is 35.0 Å². The average Bonchev–Trinajstić information content (AvgIpc) is 3.26. The molecule has 1 aromatic carbocycles. The van der Waals surface area contributed by atoms with Crippen LogP contribution in [0.2, 0.25) is 25.7 Å². The molecule has 2 unspecified atom stereocenters. The van der Waals surface area contributed by atoms with Crippen molar-refractivity contribution in [2.45, 2.75) is 111 Å². The lowest BCUT2D eigenvalue weighted by Gasteiger charge is -2.54. The normalized spacial score (nSPS) is 32.3. The summed E-state index contributed by atoms with van der Waals surface area (Å²) in [5.41, 5.74) is 4.76. The van der Waals surface area contributed by atoms with Crippen LogP contribution < -0.4 is 0 Å². The van der Waals surface area contributed by atoms with E-state index in [0.29, 0.717) is 25.4 Å². The third-order valence-corrected chi connectivity index (χ3v) is 12.4. The highest BCUT2D eigenvalue weighted by Crippen LogP contribution is 2.57. The minimum absolute atomic E-state index is 0.0274. The van der Waals surface area contributed by atoms with Crippen molar-refractivity contribution < 1.29 is 19.4 Å². The van der Waals surface area contributed by atoms with E-state index in [0.717, 1.165) is 30.9 Å². The number of ether oxygens (including phenoxy) is 1. The molecule has 4 rings (SSSR count). The van der Waals surface area contributed by atoms with E-state index in [9.17, 15) is 14.7 Å². The van der Waals surface area contributed by atoms with Crippen LogP contribution in [0.4, 0.5) is 4.79 Å². The van der Waals surface area contributed by atoms with Gasteiger partial charge in [-0.15, -0.1) is 0 Å². The van der Waals surface area contributed by atoms with Crippen molar-refractivity contribution in [2.24, 2.45) is 35.0 Å². The molecule has 1 aromatic rings. The fourth-order valence-corrected chi connectivity index (χ4v) is 9.31. The van der Waals surface area contributed by atoms with Gasteiger partial charge in [-0.05, 0) is 88.2 Å². The number of nitrogens with zero attached hydrogens (tertiary/aromatic N) is 1. The first-order chi connectivity index (χ1) is 20.6. The molecule has 2 amide bonds. The maximum absolute atomic E-state index is 14.3. The number of amides is 2. The number of fused-ring (bicyclic) bond motifs is 1. The summed E-state index contributed by atoms with van der Waals surface area (Å²) >= 11 is 0. The highest BCUT2D eigenvalue weighted by Gasteiger charge is 2.55. The summed E-state index contributed by atoms with van der Waals surface area (Å²) in [7, 11) is -1.42. The summed E-state index contributed by atoms with van der Waals surface area (Å²) in [6, 6.07) is 10.5. The molecule has 44 heavy (non-hydrogen) atoms. The highest BCUT2D eigenvalue weighted by atomic mass is 28.3. The Kier molecular flexibility index (Phi) is 10.9. The van der Waals surface area contributed by atoms with Crippen LogP contribution >= 0.6 is 0 Å². The summed E-state index contributed by atoms with van der Waals surface area (Å²) in [6.45, 7) is 20.3. The molecule has 2 fully saturated rings. The van der Waals surface area contributed by atoms with Gasteiger partial charge < -0.3 is 9.84 Å². The van der Waals surface area contributed by atoms with E-state index in [-0.39, 0.29) is 35.1 Å². The lowest BCUT2D eigenvalue weighted by atomic mass is 9.51. The van der Waals surface area contributed by atoms with Gasteiger partial charge in [-0.3, -0.25) is 4.79 Å². The Morgan fingerprint density at radius 1 is 1.18 bits per heavy atom. The van der Waals surface area contributed by atoms with Crippen molar-refractivity contribution in [3.05, 3.63) is 70.8 Å². The van der Waals surface area contributed by atoms with Crippen LogP contribution in [0.25, 0.3) is 0 Å². The van der Waals surface area contributed by atoms with Crippen LogP contribution in [0.1, 0.15) is 72.8 Å². The monoisotopic (exact) mass is 619 g/mol. The first-order valence-electron chi connectivity index (χ1n) is 16.9. The lowest BCUT2D eigenvalue weighted by molar-refractivity contribution is -0.136. The Morgan fingerprint density at radius 3 is 2.50 bits per heavy atom. The molecule has 6 heteroatoms. The number of carbonyl (C=O) groups excluding carboxylic acids is 2. The van der Waals surface area contributed by atoms with Gasteiger partial charge in [0.15, 0.2) is 0 Å². The van der Waals surface area contributed by atoms with Crippen LogP contribution in [0.15, 0.2) is 65.3 Å². The van der Waals surface area contributed by atoms with E-state index < -0.39 is 26.2 Å². The Morgan fingerprint density at radius 2 is 1.86 bits per heavy atom. The zero-order valence-electron chi connectivity index (χ0n) is 28.7. The predicted molar refractivity (Wildman–Crippen MR) is 183 cm³/mol. The SMILES string of the molecule is C/C=C(C)/C=C(\C)[C@@H]1C(C)=C[C@]2(C)C[C@H](C)CC[C@H]2[C@@H]1C(O)C1C[C@H](Cc2ccccc2)N(C(=O)OCC[Si](C)(C)C)C1=O. The molecule has 3 aliphatic rings. The van der Waals surface area contributed by atoms with Gasteiger partial charge >= 0.3 is 6.09 Å². The van der Waals surface area contributed by atoms with Gasteiger partial charge in [0.05, 0.1) is 18.6 Å². The van der Waals surface area contributed by atoms with Crippen molar-refractivity contribution in [3.63, 3.8) is 0 Å². The number of aliphatic hydroxyl groups is 1. The Labute approximate surface area is 267 Å². The molecule has 1 aliphatic heterocycles. The zero-order valence-corrected chi connectivity index (χ0v) is 29.7. The fraction of sp³-hybridized carbons (Fsp3) is 0.632. The summed E-state index contributed by atoms with van der Waals surface area (Å²) in [4.78, 5) is 29.2. The summed E-state index contributed by atoms with van der Waals surface area (Å²) in [6.07, 6.45) is 9.68. The number of aliphatic hydroxyl groups excluding tert-OH is 1. The Hall–Kier alpha value is -2.44. The van der Waals surface area contributed by atoms with Gasteiger partial charge in [-0.2, -0.15) is 0 Å². The van der Waals surface area contributed by atoms with Crippen LogP contribution in [-0.2, 0) is 16.0 Å². The molecule has 2 aliphatic carbocycles. The molecule has 0 spiro atoms. The first-order valence-corrected chi connectivity index (χ1v) is 20.6. The number of likely N-dealkylation sites (tertiary alicyclic amines) is 1. The Balaban J connectivity index is 1.70. The van der Waals surface area contributed by atoms with Crippen LogP contribution in [-0.4, -0.2) is 48.8 Å². The second kappa shape index (κ2) is 13.9. The number of hydrogen-bond acceptors (Lipinski definition) is 4. The fourth-order valence-electron chi connectivity index (χ4n) is 8.60. The van der Waals surface area contributed by atoms with E-state index in [4.69, 9.17) is 4.74 Å². The van der Waals surface area contributed by atoms with Crippen molar-refractivity contribution in [2.75, 3.05) is 6.61 Å². The number of rotatable bonds is 9. The summed E-state index contributed by atoms with van der Waals surface area (Å²) in [5.74, 6) is -0.0985. The van der Waals surface area contributed by atoms with Gasteiger partial charge in [-0.1, -0.05) is 105 Å². The van der Waals surface area contributed by atoms with Crippen LogP contribution in [0.5, 0.6) is 0 Å². The number of hydrogen-bond donors (Lipinski definition) is 1. The van der Waals surface area contributed by atoms with Crippen molar-refractivity contribution in [1.82, 2.24) is 4.90 Å². The lowest BCUT2D eigenvalue weighted by Crippen LogP contribution is -2.51. The maximum Gasteiger partial charge on any atom is 0.416 e. The van der Waals surface area contributed by atoms with Crippen LogP contribution in [0.3, 0.4) is 0 Å². The summed E-state index contributed by atoms with van der Waals surface area (Å²) in [5, 5.41) is 12.5. The first kappa shape index (κ1) is 34.4. The highest BCUT2D eigenvalue weighted by molar-refractivity contribution is 6.76. The molecular weight excluding hydrogens is 563 g/mol. The minimum atomic E-state index is -1.42. The molecule has 1 saturated carbocycles. The molecule has 1 heterocycles. The number of imide groups is 1. The molecule has 0 radical (unpaired) electrons. The van der Waals surface area contributed by atoms with Gasteiger partial charge in [0.25, 0.3) is 0 Å². The molecule has 1 saturated heterocycles. The summed E-state index contributed by atoms with van der Waals surface area (Å²) < 4.78 is 5.75. The van der Waals surface area contributed by atoms with E-state index in [1.54, 1.807) is 0 Å². The van der Waals surface area contributed by atoms with Crippen molar-refractivity contribution in [1.29, 1.82) is 0 Å². The van der Waals surface area contributed by atoms with E-state index in [1.807, 2.05) is 30.3 Å². The Bertz CT molecular complexity index is 1280. The predicted octanol–water partition coefficient (Wildman–Crippen LogP) is 8.83. The van der Waals surface area contributed by atoms with Gasteiger partial charge in [0.2, 0.25) is 5.91 Å². The molecular formula is C38H57NO4Si. The maximum atomic E-state index is 14.3. The molecule has 1 N–H and O–H groups in total. The quantitative estimate of drug-likeness (QED) is 0.170. The molecule has 5 nitrogen and oxygen atoms in total. The van der Waals surface area contributed by atoms with Gasteiger partial charge in [0, 0.05) is 20.0 Å². The van der Waals surface area contributed by atoms with Gasteiger partial charge in [0.1, 0.15) is 0 Å². The van der Waals surface area contributed by atoms with Crippen molar-refractivity contribution >= 4 is 20.1 Å². The standard InChI is InChI=1S/C38H57NO4Si/c1-10-25(2)20-27(4)33-28(5)24-38(6)23-26(3)16-17-32(38)34(33)35(40)31-22-30(21-29-14-12-11-13-15-29)39(36(31)41)37(42)43-18-19-44(7,8)9/h10-15,20,24,26,30-35,40H,16-19,21-23H2,1-9H3/b25-10+,27-20+/t26-,30+,31?,32+,33-,34+,35?,38+/m1/s1. The van der Waals surface area contributed by atoms with E-state index in [2.05, 4.69) is 79.4 Å². The number of carbonyl (C=O) groups is 2. The second-order valence-electron chi connectivity index (χ2n) is 15.7. The molecule has 0 aromatic heterocycles.